The molecule has 3 nitrogen and oxygen atoms in total. The summed E-state index contributed by atoms with van der Waals surface area (Å²) >= 11 is 0. The molecule has 1 saturated heterocycles. The third kappa shape index (κ3) is 2.51. The molecule has 1 aromatic rings. The number of methoxy groups -OCH3 is 1. The zero-order valence-electron chi connectivity index (χ0n) is 12.8. The predicted molar refractivity (Wildman–Crippen MR) is 76.5 cm³/mol. The van der Waals surface area contributed by atoms with E-state index in [-0.39, 0.29) is 17.1 Å². The van der Waals surface area contributed by atoms with Gasteiger partial charge >= 0.3 is 0 Å². The van der Waals surface area contributed by atoms with Crippen LogP contribution in [0, 0.1) is 24.1 Å². The van der Waals surface area contributed by atoms with E-state index >= 15 is 0 Å². The molecule has 2 rings (SSSR count). The highest BCUT2D eigenvalue weighted by Crippen LogP contribution is 2.36. The van der Waals surface area contributed by atoms with Gasteiger partial charge in [-0.05, 0) is 29.9 Å². The number of rotatable bonds is 2. The fourth-order valence-corrected chi connectivity index (χ4v) is 2.61. The van der Waals surface area contributed by atoms with E-state index in [1.54, 1.807) is 13.0 Å². The van der Waals surface area contributed by atoms with Crippen molar-refractivity contribution < 1.29 is 13.9 Å². The van der Waals surface area contributed by atoms with Gasteiger partial charge in [-0.2, -0.15) is 0 Å². The van der Waals surface area contributed by atoms with Gasteiger partial charge in [-0.3, -0.25) is 4.79 Å². The van der Waals surface area contributed by atoms with E-state index in [0.717, 1.165) is 6.54 Å². The van der Waals surface area contributed by atoms with Gasteiger partial charge in [-0.25, -0.2) is 4.39 Å². The summed E-state index contributed by atoms with van der Waals surface area (Å²) in [5.74, 6) is 0.311. The van der Waals surface area contributed by atoms with Crippen molar-refractivity contribution in [3.8, 4) is 5.75 Å². The van der Waals surface area contributed by atoms with E-state index in [4.69, 9.17) is 4.74 Å². The third-order valence-electron chi connectivity index (χ3n) is 4.43. The fourth-order valence-electron chi connectivity index (χ4n) is 2.61. The van der Waals surface area contributed by atoms with Crippen molar-refractivity contribution in [2.45, 2.75) is 27.7 Å². The van der Waals surface area contributed by atoms with Crippen LogP contribution in [-0.2, 0) is 0 Å². The molecule has 0 bridgehead atoms. The summed E-state index contributed by atoms with van der Waals surface area (Å²) in [6.45, 7) is 9.58. The highest BCUT2D eigenvalue weighted by Gasteiger charge is 2.39. The highest BCUT2D eigenvalue weighted by molar-refractivity contribution is 5.97. The number of ether oxygens (including phenoxy) is 1. The summed E-state index contributed by atoms with van der Waals surface area (Å²) in [5, 5.41) is 0. The Bertz CT molecular complexity index is 540. The Morgan fingerprint density at radius 1 is 1.45 bits per heavy atom. The van der Waals surface area contributed by atoms with Crippen molar-refractivity contribution in [3.05, 3.63) is 29.1 Å². The van der Waals surface area contributed by atoms with Crippen molar-refractivity contribution in [2.24, 2.45) is 11.3 Å². The second-order valence-corrected chi connectivity index (χ2v) is 6.38. The van der Waals surface area contributed by atoms with E-state index < -0.39 is 0 Å². The molecule has 1 heterocycles. The Hall–Kier alpha value is -1.58. The second-order valence-electron chi connectivity index (χ2n) is 6.38. The second kappa shape index (κ2) is 5.08. The van der Waals surface area contributed by atoms with Gasteiger partial charge in [0.25, 0.3) is 5.91 Å². The highest BCUT2D eigenvalue weighted by atomic mass is 19.1. The van der Waals surface area contributed by atoms with Gasteiger partial charge in [0.2, 0.25) is 0 Å². The normalized spacial score (nSPS) is 21.1. The minimum atomic E-state index is -0.353. The van der Waals surface area contributed by atoms with Crippen LogP contribution >= 0.6 is 0 Å². The average Bonchev–Trinajstić information content (AvgIpc) is 2.65. The maximum Gasteiger partial charge on any atom is 0.257 e. The first kappa shape index (κ1) is 14.8. The number of carbonyl (C=O) groups excluding carboxylic acids is 1. The zero-order chi connectivity index (χ0) is 15.1. The number of hydrogen-bond acceptors (Lipinski definition) is 2. The summed E-state index contributed by atoms with van der Waals surface area (Å²) < 4.78 is 18.7. The molecule has 1 fully saturated rings. The van der Waals surface area contributed by atoms with Gasteiger partial charge < -0.3 is 9.64 Å². The van der Waals surface area contributed by atoms with Crippen LogP contribution in [0.15, 0.2) is 12.1 Å². The van der Waals surface area contributed by atoms with E-state index in [2.05, 4.69) is 20.8 Å². The van der Waals surface area contributed by atoms with Gasteiger partial charge in [-0.1, -0.05) is 20.8 Å². The van der Waals surface area contributed by atoms with E-state index in [9.17, 15) is 9.18 Å². The average molecular weight is 279 g/mol. The van der Waals surface area contributed by atoms with Gasteiger partial charge in [0.05, 0.1) is 12.7 Å². The van der Waals surface area contributed by atoms with E-state index in [1.807, 2.05) is 4.90 Å². The summed E-state index contributed by atoms with van der Waals surface area (Å²) in [4.78, 5) is 14.5. The van der Waals surface area contributed by atoms with Crippen LogP contribution in [-0.4, -0.2) is 31.0 Å². The molecule has 110 valence electrons. The minimum absolute atomic E-state index is 0.0811. The Labute approximate surface area is 119 Å². The van der Waals surface area contributed by atoms with Crippen molar-refractivity contribution in [1.82, 2.24) is 4.90 Å². The van der Waals surface area contributed by atoms with Crippen molar-refractivity contribution >= 4 is 5.91 Å². The van der Waals surface area contributed by atoms with Crippen molar-refractivity contribution in [2.75, 3.05) is 20.2 Å². The van der Waals surface area contributed by atoms with Crippen LogP contribution in [0.3, 0.4) is 0 Å². The Morgan fingerprint density at radius 2 is 2.10 bits per heavy atom. The Morgan fingerprint density at radius 3 is 2.60 bits per heavy atom. The van der Waals surface area contributed by atoms with Gasteiger partial charge in [0.15, 0.2) is 0 Å². The van der Waals surface area contributed by atoms with Crippen LogP contribution < -0.4 is 4.74 Å². The smallest absolute Gasteiger partial charge is 0.257 e. The number of carbonyl (C=O) groups is 1. The third-order valence-corrected chi connectivity index (χ3v) is 4.43. The molecule has 1 atom stereocenters. The fraction of sp³-hybridized carbons (Fsp3) is 0.562. The first-order chi connectivity index (χ1) is 9.26. The molecule has 0 saturated carbocycles. The summed E-state index contributed by atoms with van der Waals surface area (Å²) in [7, 11) is 1.46. The monoisotopic (exact) mass is 279 g/mol. The predicted octanol–water partition coefficient (Wildman–Crippen LogP) is 3.26. The summed E-state index contributed by atoms with van der Waals surface area (Å²) in [6, 6.07) is 2.86. The van der Waals surface area contributed by atoms with E-state index in [1.165, 1.54) is 13.2 Å². The minimum Gasteiger partial charge on any atom is -0.496 e. The Balaban J connectivity index is 2.33. The number of hydrogen-bond donors (Lipinski definition) is 0. The number of aryl methyl sites for hydroxylation is 1. The molecule has 0 N–H and O–H groups in total. The van der Waals surface area contributed by atoms with Crippen LogP contribution in [0.5, 0.6) is 5.75 Å². The number of nitrogens with zero attached hydrogens (tertiary/aromatic N) is 1. The summed E-state index contributed by atoms with van der Waals surface area (Å²) in [6.07, 6.45) is 0. The molecule has 1 aliphatic heterocycles. The molecule has 0 aromatic heterocycles. The molecule has 1 unspecified atom stereocenters. The first-order valence-corrected chi connectivity index (χ1v) is 6.89. The van der Waals surface area contributed by atoms with Crippen molar-refractivity contribution in [3.63, 3.8) is 0 Å². The number of amides is 1. The molecular weight excluding hydrogens is 257 g/mol. The van der Waals surface area contributed by atoms with Gasteiger partial charge in [-0.15, -0.1) is 0 Å². The molecular formula is C16H22FNO2. The quantitative estimate of drug-likeness (QED) is 0.831. The standard InChI is InChI=1S/C16H22FNO2/c1-10-6-12(14(20-5)7-13(10)17)15(19)18-8-11(2)16(3,4)9-18/h6-7,11H,8-9H2,1-5H3. The van der Waals surface area contributed by atoms with Gasteiger partial charge in [0.1, 0.15) is 11.6 Å². The number of likely N-dealkylation sites (tertiary alicyclic amines) is 1. The number of benzene rings is 1. The van der Waals surface area contributed by atoms with Crippen LogP contribution in [0.25, 0.3) is 0 Å². The summed E-state index contributed by atoms with van der Waals surface area (Å²) in [5.41, 5.74) is 1.01. The Kier molecular flexibility index (Phi) is 3.76. The van der Waals surface area contributed by atoms with Crippen LogP contribution in [0.1, 0.15) is 36.7 Å². The molecule has 0 aliphatic carbocycles. The van der Waals surface area contributed by atoms with Crippen molar-refractivity contribution in [1.29, 1.82) is 0 Å². The van der Waals surface area contributed by atoms with Crippen LogP contribution in [0.4, 0.5) is 4.39 Å². The molecule has 1 aromatic carbocycles. The molecule has 1 amide bonds. The maximum atomic E-state index is 13.6. The molecule has 20 heavy (non-hydrogen) atoms. The van der Waals surface area contributed by atoms with E-state index in [0.29, 0.717) is 29.3 Å². The first-order valence-electron chi connectivity index (χ1n) is 6.89. The molecule has 0 radical (unpaired) electrons. The lowest BCUT2D eigenvalue weighted by Gasteiger charge is -2.22. The van der Waals surface area contributed by atoms with Gasteiger partial charge in [0, 0.05) is 19.2 Å². The lowest BCUT2D eigenvalue weighted by Crippen LogP contribution is -2.30. The molecule has 4 heteroatoms. The topological polar surface area (TPSA) is 29.5 Å². The van der Waals surface area contributed by atoms with Crippen LogP contribution in [0.2, 0.25) is 0 Å². The maximum absolute atomic E-state index is 13.6. The molecule has 1 aliphatic rings. The SMILES string of the molecule is COc1cc(F)c(C)cc1C(=O)N1CC(C)C(C)(C)C1. The lowest BCUT2D eigenvalue weighted by molar-refractivity contribution is 0.0774. The lowest BCUT2D eigenvalue weighted by atomic mass is 9.84. The largest absolute Gasteiger partial charge is 0.496 e. The number of halogens is 1. The zero-order valence-corrected chi connectivity index (χ0v) is 12.8. The molecule has 0 spiro atoms.